The monoisotopic (exact) mass is 221 g/mol. The van der Waals surface area contributed by atoms with Gasteiger partial charge < -0.3 is 10.1 Å². The molecule has 0 aromatic rings. The molecule has 4 heteroatoms. The Bertz CT molecular complexity index is 209. The molecule has 90 valence electrons. The zero-order valence-corrected chi connectivity index (χ0v) is 9.78. The van der Waals surface area contributed by atoms with Gasteiger partial charge in [0.05, 0.1) is 11.1 Å². The Balaban J connectivity index is 2.80. The second-order valence-electron chi connectivity index (χ2n) is 4.57. The van der Waals surface area contributed by atoms with Gasteiger partial charge in [-0.25, -0.2) is 8.78 Å². The van der Waals surface area contributed by atoms with Gasteiger partial charge >= 0.3 is 0 Å². The summed E-state index contributed by atoms with van der Waals surface area (Å²) in [5.41, 5.74) is -1.45. The molecule has 1 saturated heterocycles. The van der Waals surface area contributed by atoms with Crippen molar-refractivity contribution < 1.29 is 13.5 Å². The Hall–Kier alpha value is -0.220. The van der Waals surface area contributed by atoms with Crippen LogP contribution >= 0.6 is 0 Å². The molecule has 0 spiro atoms. The summed E-state index contributed by atoms with van der Waals surface area (Å²) in [5.74, 6) is 0. The third-order valence-electron chi connectivity index (χ3n) is 3.38. The van der Waals surface area contributed by atoms with Gasteiger partial charge in [-0.05, 0) is 32.7 Å². The molecule has 2 atom stereocenters. The SMILES string of the molecule is CCNC1(C(F)F)CCOC(C)(CC)C1. The van der Waals surface area contributed by atoms with Gasteiger partial charge in [0.15, 0.2) is 0 Å². The van der Waals surface area contributed by atoms with Gasteiger partial charge in [-0.15, -0.1) is 0 Å². The van der Waals surface area contributed by atoms with E-state index >= 15 is 0 Å². The van der Waals surface area contributed by atoms with E-state index in [1.54, 1.807) is 0 Å². The Kier molecular flexibility index (Phi) is 4.06. The van der Waals surface area contributed by atoms with Gasteiger partial charge in [0, 0.05) is 6.61 Å². The molecule has 1 aliphatic rings. The standard InChI is InChI=1S/C11H21F2NO/c1-4-10(3)8-11(9(12)13,14-5-2)6-7-15-10/h9,14H,4-8H2,1-3H3. The van der Waals surface area contributed by atoms with Crippen LogP contribution in [0.25, 0.3) is 0 Å². The summed E-state index contributed by atoms with van der Waals surface area (Å²) in [6, 6.07) is 0. The highest BCUT2D eigenvalue weighted by Crippen LogP contribution is 2.37. The second-order valence-corrected chi connectivity index (χ2v) is 4.57. The highest BCUT2D eigenvalue weighted by atomic mass is 19.3. The summed E-state index contributed by atoms with van der Waals surface area (Å²) < 4.78 is 31.8. The molecule has 0 amide bonds. The van der Waals surface area contributed by atoms with Crippen molar-refractivity contribution >= 4 is 0 Å². The molecule has 0 radical (unpaired) electrons. The third kappa shape index (κ3) is 2.67. The first-order valence-corrected chi connectivity index (χ1v) is 5.65. The van der Waals surface area contributed by atoms with E-state index in [9.17, 15) is 8.78 Å². The number of alkyl halides is 2. The summed E-state index contributed by atoms with van der Waals surface area (Å²) >= 11 is 0. The summed E-state index contributed by atoms with van der Waals surface area (Å²) in [7, 11) is 0. The zero-order chi connectivity index (χ0) is 11.5. The quantitative estimate of drug-likeness (QED) is 0.787. The van der Waals surface area contributed by atoms with Crippen LogP contribution in [0.1, 0.15) is 40.0 Å². The number of ether oxygens (including phenoxy) is 1. The molecule has 0 aliphatic carbocycles. The van der Waals surface area contributed by atoms with Crippen LogP contribution in [0.15, 0.2) is 0 Å². The molecule has 0 bridgehead atoms. The number of hydrogen-bond acceptors (Lipinski definition) is 2. The van der Waals surface area contributed by atoms with Gasteiger partial charge in [0.1, 0.15) is 0 Å². The van der Waals surface area contributed by atoms with Crippen LogP contribution in [0.4, 0.5) is 8.78 Å². The topological polar surface area (TPSA) is 21.3 Å². The number of nitrogens with one attached hydrogen (secondary N) is 1. The van der Waals surface area contributed by atoms with Crippen LogP contribution in [0.2, 0.25) is 0 Å². The molecular formula is C11H21F2NO. The number of rotatable bonds is 4. The average Bonchev–Trinajstić information content (AvgIpc) is 2.18. The lowest BCUT2D eigenvalue weighted by molar-refractivity contribution is -0.134. The maximum Gasteiger partial charge on any atom is 0.256 e. The van der Waals surface area contributed by atoms with Crippen LogP contribution < -0.4 is 5.32 Å². The van der Waals surface area contributed by atoms with Gasteiger partial charge in [-0.2, -0.15) is 0 Å². The molecular weight excluding hydrogens is 200 g/mol. The van der Waals surface area contributed by atoms with Gasteiger partial charge in [0.25, 0.3) is 6.43 Å². The predicted octanol–water partition coefficient (Wildman–Crippen LogP) is 2.58. The number of halogens is 2. The molecule has 1 heterocycles. The first-order valence-electron chi connectivity index (χ1n) is 5.65. The van der Waals surface area contributed by atoms with E-state index in [1.807, 2.05) is 20.8 Å². The Morgan fingerprint density at radius 1 is 1.40 bits per heavy atom. The molecule has 15 heavy (non-hydrogen) atoms. The normalized spacial score (nSPS) is 37.2. The Labute approximate surface area is 90.4 Å². The first-order chi connectivity index (χ1) is 6.98. The molecule has 0 aromatic heterocycles. The van der Waals surface area contributed by atoms with Crippen molar-refractivity contribution in [3.63, 3.8) is 0 Å². The van der Waals surface area contributed by atoms with Crippen LogP contribution in [0.5, 0.6) is 0 Å². The van der Waals surface area contributed by atoms with Crippen molar-refractivity contribution in [2.45, 2.75) is 57.6 Å². The molecule has 1 aliphatic heterocycles. The van der Waals surface area contributed by atoms with Crippen molar-refractivity contribution in [2.75, 3.05) is 13.2 Å². The Morgan fingerprint density at radius 3 is 2.53 bits per heavy atom. The van der Waals surface area contributed by atoms with E-state index in [1.165, 1.54) is 0 Å². The maximum atomic E-state index is 13.1. The zero-order valence-electron chi connectivity index (χ0n) is 9.78. The smallest absolute Gasteiger partial charge is 0.256 e. The molecule has 1 rings (SSSR count). The van der Waals surface area contributed by atoms with Crippen LogP contribution in [0.3, 0.4) is 0 Å². The van der Waals surface area contributed by atoms with E-state index in [-0.39, 0.29) is 0 Å². The summed E-state index contributed by atoms with van der Waals surface area (Å²) in [4.78, 5) is 0. The fraction of sp³-hybridized carbons (Fsp3) is 1.00. The van der Waals surface area contributed by atoms with Crippen LogP contribution in [0, 0.1) is 0 Å². The van der Waals surface area contributed by atoms with Gasteiger partial charge in [0.2, 0.25) is 0 Å². The van der Waals surface area contributed by atoms with Crippen molar-refractivity contribution in [3.05, 3.63) is 0 Å². The molecule has 0 aromatic carbocycles. The van der Waals surface area contributed by atoms with Crippen LogP contribution in [-0.2, 0) is 4.74 Å². The van der Waals surface area contributed by atoms with Crippen molar-refractivity contribution in [1.29, 1.82) is 0 Å². The van der Waals surface area contributed by atoms with Gasteiger partial charge in [-0.3, -0.25) is 0 Å². The molecule has 1 fully saturated rings. The van der Waals surface area contributed by atoms with Crippen molar-refractivity contribution in [3.8, 4) is 0 Å². The first kappa shape index (κ1) is 12.8. The highest BCUT2D eigenvalue weighted by Gasteiger charge is 2.47. The minimum atomic E-state index is -2.33. The average molecular weight is 221 g/mol. The molecule has 2 nitrogen and oxygen atoms in total. The summed E-state index contributed by atoms with van der Waals surface area (Å²) in [6.07, 6.45) is -0.768. The van der Waals surface area contributed by atoms with Crippen LogP contribution in [-0.4, -0.2) is 30.7 Å². The second kappa shape index (κ2) is 4.74. The number of hydrogen-bond donors (Lipinski definition) is 1. The lowest BCUT2D eigenvalue weighted by Crippen LogP contribution is -2.59. The highest BCUT2D eigenvalue weighted by molar-refractivity contribution is 4.99. The largest absolute Gasteiger partial charge is 0.375 e. The summed E-state index contributed by atoms with van der Waals surface area (Å²) in [6.45, 7) is 6.75. The Morgan fingerprint density at radius 2 is 2.07 bits per heavy atom. The third-order valence-corrected chi connectivity index (χ3v) is 3.38. The van der Waals surface area contributed by atoms with Crippen molar-refractivity contribution in [1.82, 2.24) is 5.32 Å². The van der Waals surface area contributed by atoms with E-state index in [0.29, 0.717) is 26.0 Å². The molecule has 1 N–H and O–H groups in total. The predicted molar refractivity (Wildman–Crippen MR) is 56.3 cm³/mol. The molecule has 2 unspecified atom stereocenters. The minimum Gasteiger partial charge on any atom is -0.375 e. The lowest BCUT2D eigenvalue weighted by atomic mass is 9.79. The van der Waals surface area contributed by atoms with Gasteiger partial charge in [-0.1, -0.05) is 13.8 Å². The minimum absolute atomic E-state index is 0.391. The van der Waals surface area contributed by atoms with E-state index in [4.69, 9.17) is 4.74 Å². The fourth-order valence-corrected chi connectivity index (χ4v) is 2.28. The molecule has 0 saturated carbocycles. The summed E-state index contributed by atoms with van der Waals surface area (Å²) in [5, 5.41) is 2.96. The maximum absolute atomic E-state index is 13.1. The lowest BCUT2D eigenvalue weighted by Gasteiger charge is -2.46. The van der Waals surface area contributed by atoms with E-state index in [2.05, 4.69) is 5.32 Å². The van der Waals surface area contributed by atoms with E-state index in [0.717, 1.165) is 6.42 Å². The fourth-order valence-electron chi connectivity index (χ4n) is 2.28. The van der Waals surface area contributed by atoms with E-state index < -0.39 is 17.6 Å². The van der Waals surface area contributed by atoms with Crippen molar-refractivity contribution in [2.24, 2.45) is 0 Å².